The molecule has 0 radical (unpaired) electrons. The Hall–Kier alpha value is -2.34. The first kappa shape index (κ1) is 18.5. The summed E-state index contributed by atoms with van der Waals surface area (Å²) < 4.78 is 7.56. The van der Waals surface area contributed by atoms with Crippen LogP contribution < -0.4 is 4.74 Å². The number of aryl methyl sites for hydroxylation is 3. The SMILES string of the molecule is CCn1cc(C(=O)N2CCC(O)(COc3ccc(C)c(C)c3)CC2)cn1. The maximum atomic E-state index is 12.5. The first-order chi connectivity index (χ1) is 12.4. The van der Waals surface area contributed by atoms with E-state index in [2.05, 4.69) is 12.0 Å². The third-order valence-electron chi connectivity index (χ3n) is 5.17. The van der Waals surface area contributed by atoms with Gasteiger partial charge in [-0.25, -0.2) is 0 Å². The summed E-state index contributed by atoms with van der Waals surface area (Å²) in [7, 11) is 0. The van der Waals surface area contributed by atoms with Gasteiger partial charge in [-0.1, -0.05) is 6.07 Å². The van der Waals surface area contributed by atoms with Crippen molar-refractivity contribution in [1.82, 2.24) is 14.7 Å². The zero-order valence-electron chi connectivity index (χ0n) is 15.7. The van der Waals surface area contributed by atoms with Gasteiger partial charge in [-0.2, -0.15) is 5.10 Å². The van der Waals surface area contributed by atoms with Crippen molar-refractivity contribution in [2.24, 2.45) is 0 Å². The summed E-state index contributed by atoms with van der Waals surface area (Å²) in [5, 5.41) is 14.9. The molecule has 1 aromatic heterocycles. The Bertz CT molecular complexity index is 776. The van der Waals surface area contributed by atoms with E-state index >= 15 is 0 Å². The summed E-state index contributed by atoms with van der Waals surface area (Å²) in [6.07, 6.45) is 4.39. The number of nitrogens with zero attached hydrogens (tertiary/aromatic N) is 3. The van der Waals surface area contributed by atoms with Gasteiger partial charge in [0.2, 0.25) is 0 Å². The van der Waals surface area contributed by atoms with Crippen molar-refractivity contribution in [3.63, 3.8) is 0 Å². The molecule has 6 heteroatoms. The Morgan fingerprint density at radius 3 is 2.62 bits per heavy atom. The van der Waals surface area contributed by atoms with Crippen LogP contribution in [0.15, 0.2) is 30.6 Å². The highest BCUT2D eigenvalue weighted by Gasteiger charge is 2.35. The zero-order chi connectivity index (χ0) is 18.7. The predicted molar refractivity (Wildman–Crippen MR) is 99.4 cm³/mol. The lowest BCUT2D eigenvalue weighted by Gasteiger charge is -2.37. The molecule has 0 saturated carbocycles. The van der Waals surface area contributed by atoms with Gasteiger partial charge < -0.3 is 14.7 Å². The van der Waals surface area contributed by atoms with Crippen LogP contribution in [-0.4, -0.2) is 51.0 Å². The summed E-state index contributed by atoms with van der Waals surface area (Å²) in [6.45, 7) is 8.10. The third kappa shape index (κ3) is 4.07. The average Bonchev–Trinajstić information content (AvgIpc) is 3.12. The van der Waals surface area contributed by atoms with Crippen molar-refractivity contribution < 1.29 is 14.6 Å². The minimum absolute atomic E-state index is 0.0261. The number of aromatic nitrogens is 2. The second-order valence-corrected chi connectivity index (χ2v) is 7.14. The minimum atomic E-state index is -0.900. The Kier molecular flexibility index (Phi) is 5.32. The first-order valence-corrected chi connectivity index (χ1v) is 9.14. The number of carbonyl (C=O) groups is 1. The fourth-order valence-electron chi connectivity index (χ4n) is 3.12. The van der Waals surface area contributed by atoms with Gasteiger partial charge in [0.15, 0.2) is 0 Å². The van der Waals surface area contributed by atoms with E-state index in [1.165, 1.54) is 11.1 Å². The fraction of sp³-hybridized carbons (Fsp3) is 0.500. The first-order valence-electron chi connectivity index (χ1n) is 9.14. The van der Waals surface area contributed by atoms with Crippen molar-refractivity contribution in [3.05, 3.63) is 47.3 Å². The number of likely N-dealkylation sites (tertiary alicyclic amines) is 1. The molecule has 1 fully saturated rings. The van der Waals surface area contributed by atoms with Crippen LogP contribution in [-0.2, 0) is 6.54 Å². The van der Waals surface area contributed by atoms with E-state index in [9.17, 15) is 9.90 Å². The number of hydrogen-bond donors (Lipinski definition) is 1. The van der Waals surface area contributed by atoms with Crippen LogP contribution in [0, 0.1) is 13.8 Å². The largest absolute Gasteiger partial charge is 0.491 e. The highest BCUT2D eigenvalue weighted by molar-refractivity contribution is 5.93. The van der Waals surface area contributed by atoms with Gasteiger partial charge in [0, 0.05) is 25.8 Å². The molecule has 1 N–H and O–H groups in total. The second-order valence-electron chi connectivity index (χ2n) is 7.14. The van der Waals surface area contributed by atoms with Crippen LogP contribution in [0.3, 0.4) is 0 Å². The lowest BCUT2D eigenvalue weighted by molar-refractivity contribution is -0.0475. The van der Waals surface area contributed by atoms with E-state index in [4.69, 9.17) is 4.74 Å². The molecule has 1 amide bonds. The topological polar surface area (TPSA) is 67.6 Å². The number of benzene rings is 1. The van der Waals surface area contributed by atoms with Gasteiger partial charge in [-0.3, -0.25) is 9.48 Å². The molecular formula is C20H27N3O3. The third-order valence-corrected chi connectivity index (χ3v) is 5.17. The maximum Gasteiger partial charge on any atom is 0.257 e. The van der Waals surface area contributed by atoms with Crippen LogP contribution in [0.1, 0.15) is 41.3 Å². The van der Waals surface area contributed by atoms with E-state index in [0.29, 0.717) is 31.5 Å². The van der Waals surface area contributed by atoms with Crippen LogP contribution in [0.4, 0.5) is 0 Å². The van der Waals surface area contributed by atoms with Gasteiger partial charge in [0.1, 0.15) is 18.0 Å². The molecule has 140 valence electrons. The number of amides is 1. The molecule has 0 unspecified atom stereocenters. The molecule has 6 nitrogen and oxygen atoms in total. The van der Waals surface area contributed by atoms with Gasteiger partial charge in [-0.05, 0) is 56.9 Å². The molecule has 1 aromatic carbocycles. The van der Waals surface area contributed by atoms with Crippen molar-refractivity contribution >= 4 is 5.91 Å². The monoisotopic (exact) mass is 357 g/mol. The molecular weight excluding hydrogens is 330 g/mol. The lowest BCUT2D eigenvalue weighted by Crippen LogP contribution is -2.49. The van der Waals surface area contributed by atoms with Gasteiger partial charge in [0.05, 0.1) is 11.8 Å². The summed E-state index contributed by atoms with van der Waals surface area (Å²) in [5.74, 6) is 0.744. The summed E-state index contributed by atoms with van der Waals surface area (Å²) in [5.41, 5.74) is 2.09. The highest BCUT2D eigenvalue weighted by Crippen LogP contribution is 2.25. The van der Waals surface area contributed by atoms with Crippen molar-refractivity contribution in [3.8, 4) is 5.75 Å². The summed E-state index contributed by atoms with van der Waals surface area (Å²) in [6, 6.07) is 5.94. The molecule has 26 heavy (non-hydrogen) atoms. The van der Waals surface area contributed by atoms with Crippen molar-refractivity contribution in [2.75, 3.05) is 19.7 Å². The molecule has 0 aliphatic carbocycles. The fourth-order valence-corrected chi connectivity index (χ4v) is 3.12. The van der Waals surface area contributed by atoms with Crippen LogP contribution in [0.2, 0.25) is 0 Å². The smallest absolute Gasteiger partial charge is 0.257 e. The van der Waals surface area contributed by atoms with E-state index in [1.54, 1.807) is 22.0 Å². The molecule has 0 bridgehead atoms. The summed E-state index contributed by atoms with van der Waals surface area (Å²) >= 11 is 0. The molecule has 3 rings (SSSR count). The maximum absolute atomic E-state index is 12.5. The second kappa shape index (κ2) is 7.50. The number of piperidine rings is 1. The Morgan fingerprint density at radius 1 is 1.27 bits per heavy atom. The quantitative estimate of drug-likeness (QED) is 0.893. The molecule has 1 saturated heterocycles. The zero-order valence-corrected chi connectivity index (χ0v) is 15.7. The summed E-state index contributed by atoms with van der Waals surface area (Å²) in [4.78, 5) is 14.3. The van der Waals surface area contributed by atoms with Crippen LogP contribution >= 0.6 is 0 Å². The standard InChI is InChI=1S/C20H27N3O3/c1-4-23-13-17(12-21-23)19(24)22-9-7-20(25,8-10-22)14-26-18-6-5-15(2)16(3)11-18/h5-6,11-13,25H,4,7-10,14H2,1-3H3. The number of rotatable bonds is 5. The van der Waals surface area contributed by atoms with E-state index < -0.39 is 5.60 Å². The number of aliphatic hydroxyl groups is 1. The number of hydrogen-bond acceptors (Lipinski definition) is 4. The number of carbonyl (C=O) groups excluding carboxylic acids is 1. The van der Waals surface area contributed by atoms with Crippen molar-refractivity contribution in [1.29, 1.82) is 0 Å². The number of ether oxygens (including phenoxy) is 1. The molecule has 0 atom stereocenters. The van der Waals surface area contributed by atoms with Gasteiger partial charge in [-0.15, -0.1) is 0 Å². The Morgan fingerprint density at radius 2 is 2.00 bits per heavy atom. The highest BCUT2D eigenvalue weighted by atomic mass is 16.5. The normalized spacial score (nSPS) is 16.5. The van der Waals surface area contributed by atoms with E-state index in [1.807, 2.05) is 32.0 Å². The molecule has 1 aliphatic heterocycles. The van der Waals surface area contributed by atoms with E-state index in [-0.39, 0.29) is 12.5 Å². The Labute approximate surface area is 154 Å². The van der Waals surface area contributed by atoms with Crippen LogP contribution in [0.25, 0.3) is 0 Å². The lowest BCUT2D eigenvalue weighted by atomic mass is 9.92. The molecule has 2 heterocycles. The van der Waals surface area contributed by atoms with Gasteiger partial charge in [0.25, 0.3) is 5.91 Å². The average molecular weight is 357 g/mol. The molecule has 0 spiro atoms. The molecule has 2 aromatic rings. The Balaban J connectivity index is 1.54. The van der Waals surface area contributed by atoms with Crippen molar-refractivity contribution in [2.45, 2.75) is 45.8 Å². The van der Waals surface area contributed by atoms with E-state index in [0.717, 1.165) is 12.3 Å². The minimum Gasteiger partial charge on any atom is -0.491 e. The van der Waals surface area contributed by atoms with Gasteiger partial charge >= 0.3 is 0 Å². The molecule has 1 aliphatic rings. The van der Waals surface area contributed by atoms with Crippen LogP contribution in [0.5, 0.6) is 5.75 Å². The predicted octanol–water partition coefficient (Wildman–Crippen LogP) is 2.57.